The molecule has 0 bridgehead atoms. The third-order valence-electron chi connectivity index (χ3n) is 2.80. The smallest absolute Gasteiger partial charge is 0.348 e. The van der Waals surface area contributed by atoms with Gasteiger partial charge < -0.3 is 10.5 Å². The molecule has 2 rings (SSSR count). The molecule has 0 aliphatic carbocycles. The second kappa shape index (κ2) is 5.05. The van der Waals surface area contributed by atoms with E-state index in [9.17, 15) is 4.79 Å². The summed E-state index contributed by atoms with van der Waals surface area (Å²) in [4.78, 5) is 11.9. The van der Waals surface area contributed by atoms with E-state index in [0.29, 0.717) is 23.7 Å². The number of ether oxygens (including phenoxy) is 1. The van der Waals surface area contributed by atoms with Crippen LogP contribution in [-0.2, 0) is 0 Å². The number of aromatic nitrogens is 3. The summed E-state index contributed by atoms with van der Waals surface area (Å²) in [5.41, 5.74) is 6.27. The first-order valence-corrected chi connectivity index (χ1v) is 5.75. The second-order valence-corrected chi connectivity index (χ2v) is 3.91. The van der Waals surface area contributed by atoms with Crippen molar-refractivity contribution < 1.29 is 4.74 Å². The summed E-state index contributed by atoms with van der Waals surface area (Å²) < 4.78 is 6.70. The Morgan fingerprint density at radius 2 is 2.22 bits per heavy atom. The predicted octanol–water partition coefficient (Wildman–Crippen LogP) is 0.979. The minimum Gasteiger partial charge on any atom is -0.495 e. The summed E-state index contributed by atoms with van der Waals surface area (Å²) in [6.45, 7) is 1.94. The maximum Gasteiger partial charge on any atom is 0.348 e. The van der Waals surface area contributed by atoms with E-state index in [0.717, 1.165) is 0 Å². The molecule has 0 aliphatic heterocycles. The average molecular weight is 248 g/mol. The zero-order chi connectivity index (χ0) is 13.1. The Labute approximate surface area is 104 Å². The van der Waals surface area contributed by atoms with Gasteiger partial charge in [-0.1, -0.05) is 19.1 Å². The predicted molar refractivity (Wildman–Crippen MR) is 68.0 cm³/mol. The van der Waals surface area contributed by atoms with E-state index in [1.807, 2.05) is 19.1 Å². The van der Waals surface area contributed by atoms with Crippen LogP contribution in [-0.4, -0.2) is 21.9 Å². The number of nitrogens with two attached hydrogens (primary N) is 1. The Hall–Kier alpha value is -2.08. The van der Waals surface area contributed by atoms with Crippen LogP contribution in [0.4, 0.5) is 0 Å². The molecule has 0 radical (unpaired) electrons. The first-order chi connectivity index (χ1) is 8.69. The van der Waals surface area contributed by atoms with E-state index in [4.69, 9.17) is 10.5 Å². The lowest BCUT2D eigenvalue weighted by molar-refractivity contribution is 0.412. The highest BCUT2D eigenvalue weighted by Crippen LogP contribution is 2.23. The van der Waals surface area contributed by atoms with Crippen molar-refractivity contribution in [2.24, 2.45) is 5.73 Å². The number of hydrogen-bond acceptors (Lipinski definition) is 4. The number of aromatic amines is 1. The molecule has 0 aliphatic rings. The minimum atomic E-state index is -0.321. The molecule has 0 amide bonds. The molecule has 18 heavy (non-hydrogen) atoms. The topological polar surface area (TPSA) is 85.9 Å². The number of nitrogens with one attached hydrogen (secondary N) is 1. The molecule has 6 heteroatoms. The van der Waals surface area contributed by atoms with Gasteiger partial charge in [-0.2, -0.15) is 5.10 Å². The van der Waals surface area contributed by atoms with Gasteiger partial charge >= 0.3 is 5.69 Å². The minimum absolute atomic E-state index is 0.297. The van der Waals surface area contributed by atoms with Crippen LogP contribution in [0.5, 0.6) is 5.75 Å². The van der Waals surface area contributed by atoms with Gasteiger partial charge in [-0.15, -0.1) is 0 Å². The van der Waals surface area contributed by atoms with Gasteiger partial charge in [0.2, 0.25) is 0 Å². The van der Waals surface area contributed by atoms with Crippen molar-refractivity contribution in [1.82, 2.24) is 14.8 Å². The fourth-order valence-corrected chi connectivity index (χ4v) is 1.79. The molecule has 1 heterocycles. The van der Waals surface area contributed by atoms with Gasteiger partial charge in [0.05, 0.1) is 18.8 Å². The largest absolute Gasteiger partial charge is 0.495 e. The van der Waals surface area contributed by atoms with E-state index in [1.165, 1.54) is 4.57 Å². The maximum absolute atomic E-state index is 11.9. The summed E-state index contributed by atoms with van der Waals surface area (Å²) in [6, 6.07) is 6.96. The van der Waals surface area contributed by atoms with Crippen molar-refractivity contribution >= 4 is 0 Å². The van der Waals surface area contributed by atoms with Crippen molar-refractivity contribution in [2.45, 2.75) is 19.4 Å². The molecule has 6 nitrogen and oxygen atoms in total. The fourth-order valence-electron chi connectivity index (χ4n) is 1.79. The van der Waals surface area contributed by atoms with E-state index in [1.54, 1.807) is 19.2 Å². The quantitative estimate of drug-likeness (QED) is 0.844. The molecule has 2 aromatic rings. The van der Waals surface area contributed by atoms with Crippen LogP contribution < -0.4 is 16.2 Å². The SMILES string of the molecule is CC[C@H](N)c1n[nH]c(=O)n1-c1ccccc1OC. The molecule has 0 saturated heterocycles. The van der Waals surface area contributed by atoms with Crippen LogP contribution in [0.2, 0.25) is 0 Å². The summed E-state index contributed by atoms with van der Waals surface area (Å²) in [5, 5.41) is 6.41. The molecule has 96 valence electrons. The van der Waals surface area contributed by atoms with Crippen LogP contribution >= 0.6 is 0 Å². The first-order valence-electron chi connectivity index (χ1n) is 5.75. The summed E-state index contributed by atoms with van der Waals surface area (Å²) in [7, 11) is 1.56. The Balaban J connectivity index is 2.63. The molecule has 0 spiro atoms. The fraction of sp³-hybridized carbons (Fsp3) is 0.333. The first kappa shape index (κ1) is 12.4. The zero-order valence-electron chi connectivity index (χ0n) is 10.4. The lowest BCUT2D eigenvalue weighted by atomic mass is 10.2. The van der Waals surface area contributed by atoms with E-state index in [-0.39, 0.29) is 11.7 Å². The van der Waals surface area contributed by atoms with Crippen LogP contribution in [0.3, 0.4) is 0 Å². The second-order valence-electron chi connectivity index (χ2n) is 3.91. The number of benzene rings is 1. The van der Waals surface area contributed by atoms with Crippen LogP contribution in [0.25, 0.3) is 5.69 Å². The van der Waals surface area contributed by atoms with Crippen LogP contribution in [0.15, 0.2) is 29.1 Å². The van der Waals surface area contributed by atoms with Crippen molar-refractivity contribution in [2.75, 3.05) is 7.11 Å². The molecule has 1 aromatic heterocycles. The molecule has 0 unspecified atom stereocenters. The Bertz CT molecular complexity index is 588. The van der Waals surface area contributed by atoms with Gasteiger partial charge in [0.15, 0.2) is 5.82 Å². The van der Waals surface area contributed by atoms with E-state index in [2.05, 4.69) is 10.2 Å². The van der Waals surface area contributed by atoms with Gasteiger partial charge in [0.25, 0.3) is 0 Å². The highest BCUT2D eigenvalue weighted by Gasteiger charge is 2.18. The van der Waals surface area contributed by atoms with Crippen molar-refractivity contribution in [1.29, 1.82) is 0 Å². The van der Waals surface area contributed by atoms with Gasteiger partial charge in [-0.05, 0) is 18.6 Å². The Kier molecular flexibility index (Phi) is 3.47. The Morgan fingerprint density at radius 3 is 2.89 bits per heavy atom. The standard InChI is InChI=1S/C12H16N4O2/c1-3-8(13)11-14-15-12(17)16(11)9-6-4-5-7-10(9)18-2/h4-8H,3,13H2,1-2H3,(H,15,17)/t8-/m0/s1. The third-order valence-corrected chi connectivity index (χ3v) is 2.80. The summed E-state index contributed by atoms with van der Waals surface area (Å²) in [5.74, 6) is 1.11. The highest BCUT2D eigenvalue weighted by atomic mass is 16.5. The number of nitrogens with zero attached hydrogens (tertiary/aromatic N) is 2. The monoisotopic (exact) mass is 248 g/mol. The molecule has 1 aromatic carbocycles. The van der Waals surface area contributed by atoms with Crippen LogP contribution in [0.1, 0.15) is 25.2 Å². The lowest BCUT2D eigenvalue weighted by Crippen LogP contribution is -2.22. The maximum atomic E-state index is 11.9. The van der Waals surface area contributed by atoms with Gasteiger partial charge in [0.1, 0.15) is 5.75 Å². The molecular weight excluding hydrogens is 232 g/mol. The summed E-state index contributed by atoms with van der Waals surface area (Å²) in [6.07, 6.45) is 0.694. The average Bonchev–Trinajstić information content (AvgIpc) is 2.79. The molecule has 3 N–H and O–H groups in total. The Morgan fingerprint density at radius 1 is 1.50 bits per heavy atom. The molecule has 1 atom stereocenters. The highest BCUT2D eigenvalue weighted by molar-refractivity contribution is 5.47. The molecule has 0 fully saturated rings. The van der Waals surface area contributed by atoms with Crippen molar-refractivity contribution in [3.8, 4) is 11.4 Å². The number of methoxy groups -OCH3 is 1. The van der Waals surface area contributed by atoms with Crippen molar-refractivity contribution in [3.63, 3.8) is 0 Å². The van der Waals surface area contributed by atoms with Crippen LogP contribution in [0, 0.1) is 0 Å². The van der Waals surface area contributed by atoms with Gasteiger partial charge in [0, 0.05) is 0 Å². The van der Waals surface area contributed by atoms with E-state index < -0.39 is 0 Å². The molecule has 0 saturated carbocycles. The zero-order valence-corrected chi connectivity index (χ0v) is 10.4. The van der Waals surface area contributed by atoms with Crippen molar-refractivity contribution in [3.05, 3.63) is 40.6 Å². The number of hydrogen-bond donors (Lipinski definition) is 2. The normalized spacial score (nSPS) is 12.4. The number of rotatable bonds is 4. The van der Waals surface area contributed by atoms with E-state index >= 15 is 0 Å². The van der Waals surface area contributed by atoms with Gasteiger partial charge in [-0.3, -0.25) is 0 Å². The van der Waals surface area contributed by atoms with Gasteiger partial charge in [-0.25, -0.2) is 14.5 Å². The lowest BCUT2D eigenvalue weighted by Gasteiger charge is -2.13. The number of para-hydroxylation sites is 2. The summed E-state index contributed by atoms with van der Waals surface area (Å²) >= 11 is 0. The third kappa shape index (κ3) is 2.02. The number of H-pyrrole nitrogens is 1. The molecular formula is C12H16N4O2.